The molecule has 1 heterocycles. The molecule has 1 aromatic heterocycles. The molecule has 0 unspecified atom stereocenters. The van der Waals surface area contributed by atoms with Crippen LogP contribution in [0.1, 0.15) is 36.8 Å². The third-order valence-electron chi connectivity index (χ3n) is 2.98. The Morgan fingerprint density at radius 1 is 1.21 bits per heavy atom. The van der Waals surface area contributed by atoms with Gasteiger partial charge in [-0.2, -0.15) is 0 Å². The standard InChI is InChI=1S/C16H21NOS/c1-3-10-18-15-8-6-14(7-9-15)12-17-13(2)16-5-4-11-19-16/h4-9,11,13,17H,3,10,12H2,1-2H3/t13-/m0/s1. The van der Waals surface area contributed by atoms with Gasteiger partial charge >= 0.3 is 0 Å². The molecule has 0 amide bonds. The molecule has 0 saturated carbocycles. The van der Waals surface area contributed by atoms with Gasteiger partial charge in [-0.1, -0.05) is 25.1 Å². The summed E-state index contributed by atoms with van der Waals surface area (Å²) in [6, 6.07) is 13.0. The van der Waals surface area contributed by atoms with Crippen molar-refractivity contribution in [1.82, 2.24) is 5.32 Å². The Morgan fingerprint density at radius 3 is 2.63 bits per heavy atom. The smallest absolute Gasteiger partial charge is 0.119 e. The maximum absolute atomic E-state index is 5.58. The summed E-state index contributed by atoms with van der Waals surface area (Å²) in [6.45, 7) is 5.98. The van der Waals surface area contributed by atoms with Crippen LogP contribution in [0.4, 0.5) is 0 Å². The van der Waals surface area contributed by atoms with Gasteiger partial charge in [0.25, 0.3) is 0 Å². The van der Waals surface area contributed by atoms with Crippen LogP contribution in [0.2, 0.25) is 0 Å². The van der Waals surface area contributed by atoms with Gasteiger partial charge in [0.2, 0.25) is 0 Å². The highest BCUT2D eigenvalue weighted by Crippen LogP contribution is 2.19. The molecule has 0 spiro atoms. The molecule has 2 aromatic rings. The largest absolute Gasteiger partial charge is 0.494 e. The van der Waals surface area contributed by atoms with Gasteiger partial charge in [-0.3, -0.25) is 0 Å². The Morgan fingerprint density at radius 2 is 2.00 bits per heavy atom. The van der Waals surface area contributed by atoms with Crippen molar-refractivity contribution >= 4 is 11.3 Å². The minimum atomic E-state index is 0.399. The molecule has 0 saturated heterocycles. The lowest BCUT2D eigenvalue weighted by Crippen LogP contribution is -2.17. The van der Waals surface area contributed by atoms with E-state index in [2.05, 4.69) is 48.8 Å². The molecule has 1 aromatic carbocycles. The van der Waals surface area contributed by atoms with E-state index < -0.39 is 0 Å². The monoisotopic (exact) mass is 275 g/mol. The van der Waals surface area contributed by atoms with Gasteiger partial charge in [0.05, 0.1) is 6.61 Å². The first-order chi connectivity index (χ1) is 9.29. The van der Waals surface area contributed by atoms with E-state index in [4.69, 9.17) is 4.74 Å². The minimum absolute atomic E-state index is 0.399. The van der Waals surface area contributed by atoms with Crippen molar-refractivity contribution in [2.24, 2.45) is 0 Å². The Kier molecular flexibility index (Phi) is 5.43. The van der Waals surface area contributed by atoms with Crippen molar-refractivity contribution in [2.45, 2.75) is 32.9 Å². The minimum Gasteiger partial charge on any atom is -0.494 e. The lowest BCUT2D eigenvalue weighted by molar-refractivity contribution is 0.317. The number of hydrogen-bond acceptors (Lipinski definition) is 3. The lowest BCUT2D eigenvalue weighted by Gasteiger charge is -2.12. The van der Waals surface area contributed by atoms with E-state index in [0.717, 1.165) is 25.3 Å². The summed E-state index contributed by atoms with van der Waals surface area (Å²) in [7, 11) is 0. The average Bonchev–Trinajstić information content (AvgIpc) is 2.98. The quantitative estimate of drug-likeness (QED) is 0.809. The molecule has 0 fully saturated rings. The van der Waals surface area contributed by atoms with Crippen molar-refractivity contribution in [3.8, 4) is 5.75 Å². The van der Waals surface area contributed by atoms with Crippen LogP contribution in [0.25, 0.3) is 0 Å². The van der Waals surface area contributed by atoms with Gasteiger partial charge in [0, 0.05) is 17.5 Å². The van der Waals surface area contributed by atoms with Crippen molar-refractivity contribution in [3.05, 3.63) is 52.2 Å². The fourth-order valence-electron chi connectivity index (χ4n) is 1.83. The van der Waals surface area contributed by atoms with Gasteiger partial charge < -0.3 is 10.1 Å². The summed E-state index contributed by atoms with van der Waals surface area (Å²) in [5.74, 6) is 0.955. The van der Waals surface area contributed by atoms with Crippen LogP contribution in [0, 0.1) is 0 Å². The molecular formula is C16H21NOS. The summed E-state index contributed by atoms with van der Waals surface area (Å²) in [4.78, 5) is 1.38. The molecule has 2 nitrogen and oxygen atoms in total. The normalized spacial score (nSPS) is 12.3. The molecule has 2 rings (SSSR count). The maximum Gasteiger partial charge on any atom is 0.119 e. The number of hydrogen-bond donors (Lipinski definition) is 1. The third-order valence-corrected chi connectivity index (χ3v) is 4.03. The Balaban J connectivity index is 1.82. The second-order valence-corrected chi connectivity index (χ2v) is 5.59. The highest BCUT2D eigenvalue weighted by atomic mass is 32.1. The predicted octanol–water partition coefficient (Wildman–Crippen LogP) is 4.39. The molecule has 0 radical (unpaired) electrons. The first-order valence-electron chi connectivity index (χ1n) is 6.78. The van der Waals surface area contributed by atoms with Gasteiger partial charge in [-0.25, -0.2) is 0 Å². The van der Waals surface area contributed by atoms with E-state index in [9.17, 15) is 0 Å². The van der Waals surface area contributed by atoms with E-state index in [1.807, 2.05) is 12.1 Å². The maximum atomic E-state index is 5.58. The van der Waals surface area contributed by atoms with Crippen LogP contribution < -0.4 is 10.1 Å². The predicted molar refractivity (Wildman–Crippen MR) is 81.8 cm³/mol. The van der Waals surface area contributed by atoms with Crippen LogP contribution >= 0.6 is 11.3 Å². The van der Waals surface area contributed by atoms with Gasteiger partial charge in [-0.05, 0) is 42.5 Å². The van der Waals surface area contributed by atoms with Gasteiger partial charge in [-0.15, -0.1) is 11.3 Å². The van der Waals surface area contributed by atoms with E-state index in [1.54, 1.807) is 11.3 Å². The zero-order chi connectivity index (χ0) is 13.5. The number of ether oxygens (including phenoxy) is 1. The molecule has 19 heavy (non-hydrogen) atoms. The van der Waals surface area contributed by atoms with Crippen LogP contribution in [-0.2, 0) is 6.54 Å². The molecule has 1 atom stereocenters. The molecule has 0 aliphatic carbocycles. The summed E-state index contributed by atoms with van der Waals surface area (Å²) >= 11 is 1.80. The average molecular weight is 275 g/mol. The topological polar surface area (TPSA) is 21.3 Å². The Hall–Kier alpha value is -1.32. The van der Waals surface area contributed by atoms with E-state index in [-0.39, 0.29) is 0 Å². The van der Waals surface area contributed by atoms with Crippen LogP contribution in [0.5, 0.6) is 5.75 Å². The van der Waals surface area contributed by atoms with Crippen molar-refractivity contribution in [3.63, 3.8) is 0 Å². The van der Waals surface area contributed by atoms with Crippen LogP contribution in [0.3, 0.4) is 0 Å². The van der Waals surface area contributed by atoms with E-state index in [0.29, 0.717) is 6.04 Å². The molecule has 0 aliphatic heterocycles. The Bertz CT molecular complexity index is 464. The first kappa shape index (κ1) is 14.1. The third kappa shape index (κ3) is 4.37. The molecule has 0 bridgehead atoms. The van der Waals surface area contributed by atoms with Crippen molar-refractivity contribution < 1.29 is 4.74 Å². The van der Waals surface area contributed by atoms with Crippen LogP contribution in [-0.4, -0.2) is 6.61 Å². The SMILES string of the molecule is CCCOc1ccc(CN[C@@H](C)c2cccs2)cc1. The summed E-state index contributed by atoms with van der Waals surface area (Å²) in [6.07, 6.45) is 1.04. The molecule has 1 N–H and O–H groups in total. The zero-order valence-corrected chi connectivity index (χ0v) is 12.4. The Labute approximate surface area is 119 Å². The fourth-order valence-corrected chi connectivity index (χ4v) is 2.59. The number of nitrogens with one attached hydrogen (secondary N) is 1. The molecule has 0 aliphatic rings. The second kappa shape index (κ2) is 7.31. The van der Waals surface area contributed by atoms with Gasteiger partial charge in [0.1, 0.15) is 5.75 Å². The fraction of sp³-hybridized carbons (Fsp3) is 0.375. The first-order valence-corrected chi connectivity index (χ1v) is 7.66. The number of thiophene rings is 1. The lowest BCUT2D eigenvalue weighted by atomic mass is 10.2. The van der Waals surface area contributed by atoms with E-state index >= 15 is 0 Å². The molecule has 3 heteroatoms. The number of rotatable bonds is 7. The summed E-state index contributed by atoms with van der Waals surface area (Å²) < 4.78 is 5.58. The second-order valence-electron chi connectivity index (χ2n) is 4.61. The summed E-state index contributed by atoms with van der Waals surface area (Å²) in [5.41, 5.74) is 1.28. The molecule has 102 valence electrons. The zero-order valence-electron chi connectivity index (χ0n) is 11.6. The highest BCUT2D eigenvalue weighted by molar-refractivity contribution is 7.10. The van der Waals surface area contributed by atoms with Gasteiger partial charge in [0.15, 0.2) is 0 Å². The van der Waals surface area contributed by atoms with E-state index in [1.165, 1.54) is 10.4 Å². The summed E-state index contributed by atoms with van der Waals surface area (Å²) in [5, 5.41) is 5.65. The van der Waals surface area contributed by atoms with Crippen molar-refractivity contribution in [1.29, 1.82) is 0 Å². The number of benzene rings is 1. The molecular weight excluding hydrogens is 254 g/mol. The van der Waals surface area contributed by atoms with Crippen LogP contribution in [0.15, 0.2) is 41.8 Å². The van der Waals surface area contributed by atoms with Crippen molar-refractivity contribution in [2.75, 3.05) is 6.61 Å². The highest BCUT2D eigenvalue weighted by Gasteiger charge is 2.05.